The molecule has 0 N–H and O–H groups in total. The summed E-state index contributed by atoms with van der Waals surface area (Å²) in [4.78, 5) is 11.5. The van der Waals surface area contributed by atoms with Crippen molar-refractivity contribution in [2.75, 3.05) is 0 Å². The summed E-state index contributed by atoms with van der Waals surface area (Å²) >= 11 is 0. The van der Waals surface area contributed by atoms with Gasteiger partial charge in [0.2, 0.25) is 0 Å². The highest BCUT2D eigenvalue weighted by Gasteiger charge is 2.41. The van der Waals surface area contributed by atoms with Crippen molar-refractivity contribution in [1.82, 2.24) is 54.1 Å². The van der Waals surface area contributed by atoms with E-state index in [2.05, 4.69) is 35.3 Å². The lowest BCUT2D eigenvalue weighted by Crippen LogP contribution is -2.23. The Morgan fingerprint density at radius 2 is 0.692 bits per heavy atom. The van der Waals surface area contributed by atoms with Gasteiger partial charge in [0, 0.05) is 23.7 Å². The van der Waals surface area contributed by atoms with Gasteiger partial charge in [0.15, 0.2) is 29.5 Å². The molecule has 4 aromatic heterocycles. The quantitative estimate of drug-likeness (QED) is 0.146. The van der Waals surface area contributed by atoms with Gasteiger partial charge in [-0.1, -0.05) is 0 Å². The summed E-state index contributed by atoms with van der Waals surface area (Å²) in [6.45, 7) is 1.27. The summed E-state index contributed by atoms with van der Waals surface area (Å²) in [5, 5.41) is 16.4. The Labute approximate surface area is 348 Å². The molecule has 0 spiro atoms. The molecule has 0 saturated heterocycles. The number of aryl methyl sites for hydroxylation is 2. The van der Waals surface area contributed by atoms with Crippen molar-refractivity contribution in [3.05, 3.63) is 118 Å². The molecule has 0 bridgehead atoms. The Hall–Kier alpha value is -6.97. The lowest BCUT2D eigenvalue weighted by atomic mass is 10.0. The molecule has 0 amide bonds. The molecule has 11 nitrogen and oxygen atoms in total. The number of benzene rings is 3. The Morgan fingerprint density at radius 1 is 0.400 bits per heavy atom. The Bertz CT molecular complexity index is 2690. The monoisotopic (exact) mass is 947 g/mol. The minimum Gasteiger partial charge on any atom is -0.250 e. The maximum Gasteiger partial charge on any atom is 0.416 e. The Morgan fingerprint density at radius 3 is 1.00 bits per heavy atom. The van der Waals surface area contributed by atoms with Gasteiger partial charge in [0.1, 0.15) is 19.0 Å². The standard InChI is InChI=1S/C36H19F18N11/c1-15-25(29(62(2)58-15)63-12-55-26(59-63)16-3-19(31(37,38)39)9-20(4-16)32(40,41)42)30(64-13-56-27(60-64)17-5-21(33(43,44)45)10-22(6-17)34(46,47)48)65-14-57-28(61-65)18-7-23(35(49,50)51)11-24(8-18)36(52,53)54/h3-14,30H,1-2H3. The van der Waals surface area contributed by atoms with E-state index >= 15 is 0 Å². The maximum atomic E-state index is 13.8. The number of hydrogen-bond acceptors (Lipinski definition) is 7. The fourth-order valence-electron chi connectivity index (χ4n) is 6.42. The van der Waals surface area contributed by atoms with E-state index in [-0.39, 0.29) is 59.5 Å². The lowest BCUT2D eigenvalue weighted by molar-refractivity contribution is -0.144. The van der Waals surface area contributed by atoms with E-state index in [1.165, 1.54) is 14.0 Å². The Kier molecular flexibility index (Phi) is 10.9. The fraction of sp³-hybridized carbons (Fsp3) is 0.250. The molecule has 344 valence electrons. The summed E-state index contributed by atoms with van der Waals surface area (Å²) in [7, 11) is 1.22. The maximum absolute atomic E-state index is 13.8. The van der Waals surface area contributed by atoms with Crippen molar-refractivity contribution in [1.29, 1.82) is 0 Å². The number of nitrogens with zero attached hydrogens (tertiary/aromatic N) is 11. The fourth-order valence-corrected chi connectivity index (χ4v) is 6.42. The van der Waals surface area contributed by atoms with Crippen LogP contribution in [0, 0.1) is 6.92 Å². The topological polar surface area (TPSA) is 110 Å². The molecule has 29 heteroatoms. The summed E-state index contributed by atoms with van der Waals surface area (Å²) in [5.41, 5.74) is -13.4. The molecule has 0 aliphatic rings. The highest BCUT2D eigenvalue weighted by atomic mass is 19.4. The third-order valence-corrected chi connectivity index (χ3v) is 9.26. The molecule has 0 aliphatic heterocycles. The molecule has 0 fully saturated rings. The van der Waals surface area contributed by atoms with Gasteiger partial charge in [-0.2, -0.15) is 84.1 Å². The molecule has 7 rings (SSSR count). The van der Waals surface area contributed by atoms with E-state index in [0.29, 0.717) is 21.5 Å². The second kappa shape index (κ2) is 15.3. The predicted molar refractivity (Wildman–Crippen MR) is 183 cm³/mol. The van der Waals surface area contributed by atoms with Gasteiger partial charge in [0.25, 0.3) is 0 Å². The number of aromatic nitrogens is 11. The normalized spacial score (nSPS) is 13.4. The summed E-state index contributed by atoms with van der Waals surface area (Å²) in [6.07, 6.45) is -31.4. The SMILES string of the molecule is Cc1nn(C)c(-n2cnc(-c3cc(C(F)(F)F)cc(C(F)(F)F)c3)n2)c1C(n1cnc(-c2cc(C(F)(F)F)cc(C(F)(F)F)c2)n1)n1cnc(-c2cc(C(F)(F)F)cc(C(F)(F)F)c2)n1. The second-order valence-corrected chi connectivity index (χ2v) is 13.8. The first-order valence-corrected chi connectivity index (χ1v) is 17.5. The summed E-state index contributed by atoms with van der Waals surface area (Å²) in [6, 6.07) is 1.22. The van der Waals surface area contributed by atoms with Gasteiger partial charge in [0.05, 0.1) is 44.6 Å². The van der Waals surface area contributed by atoms with Crippen molar-refractivity contribution in [3.63, 3.8) is 0 Å². The van der Waals surface area contributed by atoms with Crippen LogP contribution in [0.15, 0.2) is 73.6 Å². The van der Waals surface area contributed by atoms with Crippen molar-refractivity contribution < 1.29 is 79.0 Å². The molecule has 0 atom stereocenters. The van der Waals surface area contributed by atoms with Crippen LogP contribution in [0.3, 0.4) is 0 Å². The molecular formula is C36H19F18N11. The number of hydrogen-bond donors (Lipinski definition) is 0. The molecule has 4 heterocycles. The van der Waals surface area contributed by atoms with Crippen LogP contribution in [0.4, 0.5) is 79.0 Å². The molecular weight excluding hydrogens is 928 g/mol. The van der Waals surface area contributed by atoms with Crippen LogP contribution in [0.5, 0.6) is 0 Å². The van der Waals surface area contributed by atoms with Gasteiger partial charge < -0.3 is 0 Å². The van der Waals surface area contributed by atoms with E-state index in [1.54, 1.807) is 0 Å². The van der Waals surface area contributed by atoms with Crippen LogP contribution in [-0.4, -0.2) is 54.1 Å². The van der Waals surface area contributed by atoms with Crippen molar-refractivity contribution in [2.45, 2.75) is 50.1 Å². The largest absolute Gasteiger partial charge is 0.416 e. The van der Waals surface area contributed by atoms with Gasteiger partial charge in [-0.15, -0.1) is 15.3 Å². The minimum atomic E-state index is -5.33. The van der Waals surface area contributed by atoms with Crippen molar-refractivity contribution in [2.24, 2.45) is 7.05 Å². The van der Waals surface area contributed by atoms with E-state index in [1.807, 2.05) is 0 Å². The van der Waals surface area contributed by atoms with Gasteiger partial charge in [-0.3, -0.25) is 4.68 Å². The molecule has 0 aliphatic carbocycles. The van der Waals surface area contributed by atoms with Crippen LogP contribution in [0.25, 0.3) is 40.0 Å². The third kappa shape index (κ3) is 9.33. The van der Waals surface area contributed by atoms with Crippen molar-refractivity contribution >= 4 is 0 Å². The highest BCUT2D eigenvalue weighted by molar-refractivity contribution is 5.61. The zero-order valence-corrected chi connectivity index (χ0v) is 31.7. The average molecular weight is 948 g/mol. The highest BCUT2D eigenvalue weighted by Crippen LogP contribution is 2.42. The molecule has 0 saturated carbocycles. The first-order chi connectivity index (χ1) is 29.8. The van der Waals surface area contributed by atoms with Crippen LogP contribution < -0.4 is 0 Å². The molecule has 0 unspecified atom stereocenters. The lowest BCUT2D eigenvalue weighted by Gasteiger charge is -2.19. The number of rotatable bonds is 7. The predicted octanol–water partition coefficient (Wildman–Crippen LogP) is 10.7. The second-order valence-electron chi connectivity index (χ2n) is 13.8. The average Bonchev–Trinajstić information content (AvgIpc) is 4.01. The Balaban J connectivity index is 1.43. The van der Waals surface area contributed by atoms with Crippen LogP contribution in [0.1, 0.15) is 50.8 Å². The molecule has 7 aromatic rings. The first-order valence-electron chi connectivity index (χ1n) is 17.5. The molecule has 3 aromatic carbocycles. The third-order valence-electron chi connectivity index (χ3n) is 9.26. The summed E-state index contributed by atoms with van der Waals surface area (Å²) in [5.74, 6) is -2.66. The van der Waals surface area contributed by atoms with E-state index in [9.17, 15) is 79.0 Å². The smallest absolute Gasteiger partial charge is 0.250 e. The van der Waals surface area contributed by atoms with Gasteiger partial charge in [-0.05, 0) is 61.5 Å². The van der Waals surface area contributed by atoms with E-state index in [0.717, 1.165) is 28.3 Å². The number of halogens is 18. The van der Waals surface area contributed by atoms with E-state index in [4.69, 9.17) is 0 Å². The molecule has 0 radical (unpaired) electrons. The zero-order chi connectivity index (χ0) is 48.0. The van der Waals surface area contributed by atoms with E-state index < -0.39 is 111 Å². The molecule has 65 heavy (non-hydrogen) atoms. The van der Waals surface area contributed by atoms with Gasteiger partial charge in [-0.25, -0.2) is 29.0 Å². The summed E-state index contributed by atoms with van der Waals surface area (Å²) < 4.78 is 251. The first kappa shape index (κ1) is 46.0. The van der Waals surface area contributed by atoms with Gasteiger partial charge >= 0.3 is 37.1 Å². The zero-order valence-electron chi connectivity index (χ0n) is 31.7. The number of alkyl halides is 18. The van der Waals surface area contributed by atoms with Crippen molar-refractivity contribution in [3.8, 4) is 40.0 Å². The minimum absolute atomic E-state index is 0.103. The van der Waals surface area contributed by atoms with Crippen LogP contribution in [-0.2, 0) is 44.1 Å². The van der Waals surface area contributed by atoms with Crippen LogP contribution in [0.2, 0.25) is 0 Å². The van der Waals surface area contributed by atoms with Crippen LogP contribution >= 0.6 is 0 Å².